The van der Waals surface area contributed by atoms with Gasteiger partial charge in [-0.2, -0.15) is 0 Å². The average molecular weight is 228 g/mol. The molecule has 0 radical (unpaired) electrons. The molecule has 0 amide bonds. The van der Waals surface area contributed by atoms with Gasteiger partial charge in [0.15, 0.2) is 4.77 Å². The predicted octanol–water partition coefficient (Wildman–Crippen LogP) is 2.31. The molecule has 0 saturated heterocycles. The Hall–Kier alpha value is -1.10. The van der Waals surface area contributed by atoms with Gasteiger partial charge in [0.25, 0.3) is 0 Å². The van der Waals surface area contributed by atoms with Crippen molar-refractivity contribution in [3.05, 3.63) is 17.2 Å². The van der Waals surface area contributed by atoms with E-state index in [0.29, 0.717) is 10.7 Å². The van der Waals surface area contributed by atoms with Crippen LogP contribution in [0.3, 0.4) is 0 Å². The number of ether oxygens (including phenoxy) is 1. The molecule has 84 valence electrons. The van der Waals surface area contributed by atoms with Gasteiger partial charge in [-0.3, -0.25) is 0 Å². The van der Waals surface area contributed by atoms with Crippen molar-refractivity contribution >= 4 is 18.2 Å². The number of rotatable bonds is 4. The van der Waals surface area contributed by atoms with E-state index < -0.39 is 0 Å². The molecule has 1 heterocycles. The van der Waals surface area contributed by atoms with Crippen LogP contribution in [-0.2, 0) is 9.53 Å². The van der Waals surface area contributed by atoms with Crippen LogP contribution in [0.5, 0.6) is 0 Å². The number of aromatic nitrogens is 2. The maximum absolute atomic E-state index is 11.6. The Labute approximate surface area is 94.3 Å². The number of methoxy groups -OCH3 is 1. The Bertz CT molecular complexity index is 381. The first kappa shape index (κ1) is 12.0. The molecular formula is C10H16N2O2S. The fourth-order valence-corrected chi connectivity index (χ4v) is 1.74. The minimum Gasteiger partial charge on any atom is -0.467 e. The lowest BCUT2D eigenvalue weighted by molar-refractivity contribution is -0.145. The van der Waals surface area contributed by atoms with Crippen LogP contribution in [0, 0.1) is 10.7 Å². The molecule has 0 aliphatic heterocycles. The molecule has 0 aromatic carbocycles. The smallest absolute Gasteiger partial charge is 0.328 e. The zero-order chi connectivity index (χ0) is 11.4. The normalized spacial score (nSPS) is 12.8. The van der Waals surface area contributed by atoms with Crippen molar-refractivity contribution in [1.29, 1.82) is 0 Å². The Morgan fingerprint density at radius 1 is 1.67 bits per heavy atom. The maximum atomic E-state index is 11.6. The molecule has 0 bridgehead atoms. The zero-order valence-electron chi connectivity index (χ0n) is 9.19. The van der Waals surface area contributed by atoms with E-state index in [1.807, 2.05) is 0 Å². The molecule has 1 unspecified atom stereocenters. The predicted molar refractivity (Wildman–Crippen MR) is 60.1 cm³/mol. The van der Waals surface area contributed by atoms with Crippen molar-refractivity contribution in [3.63, 3.8) is 0 Å². The van der Waals surface area contributed by atoms with E-state index in [4.69, 9.17) is 17.0 Å². The molecule has 1 atom stereocenters. The van der Waals surface area contributed by atoms with Crippen LogP contribution in [0.1, 0.15) is 26.3 Å². The molecule has 0 fully saturated rings. The lowest BCUT2D eigenvalue weighted by Crippen LogP contribution is -2.22. The number of esters is 1. The number of nitrogens with zero attached hydrogens (tertiary/aromatic N) is 1. The number of hydrogen-bond donors (Lipinski definition) is 1. The highest BCUT2D eigenvalue weighted by Crippen LogP contribution is 2.19. The van der Waals surface area contributed by atoms with E-state index in [1.54, 1.807) is 17.0 Å². The number of carbonyl (C=O) groups excluding carboxylic acids is 1. The van der Waals surface area contributed by atoms with Gasteiger partial charge >= 0.3 is 5.97 Å². The Morgan fingerprint density at radius 3 is 2.73 bits per heavy atom. The molecular weight excluding hydrogens is 212 g/mol. The summed E-state index contributed by atoms with van der Waals surface area (Å²) in [6, 6.07) is -0.325. The Morgan fingerprint density at radius 2 is 2.33 bits per heavy atom. The maximum Gasteiger partial charge on any atom is 0.328 e. The highest BCUT2D eigenvalue weighted by Gasteiger charge is 2.22. The number of aromatic amines is 1. The molecule has 4 nitrogen and oxygen atoms in total. The van der Waals surface area contributed by atoms with Crippen molar-refractivity contribution in [1.82, 2.24) is 9.55 Å². The van der Waals surface area contributed by atoms with E-state index in [-0.39, 0.29) is 12.0 Å². The first-order valence-electron chi connectivity index (χ1n) is 4.89. The van der Waals surface area contributed by atoms with Crippen LogP contribution < -0.4 is 0 Å². The highest BCUT2D eigenvalue weighted by atomic mass is 32.1. The topological polar surface area (TPSA) is 47.0 Å². The van der Waals surface area contributed by atoms with E-state index in [9.17, 15) is 4.79 Å². The third-order valence-corrected chi connectivity index (χ3v) is 2.51. The summed E-state index contributed by atoms with van der Waals surface area (Å²) in [4.78, 5) is 14.5. The summed E-state index contributed by atoms with van der Waals surface area (Å²) in [5, 5.41) is 0. The molecule has 1 aromatic heterocycles. The van der Waals surface area contributed by atoms with Gasteiger partial charge in [-0.05, 0) is 24.6 Å². The number of nitrogens with one attached hydrogen (secondary N) is 1. The van der Waals surface area contributed by atoms with E-state index in [1.165, 1.54) is 7.11 Å². The van der Waals surface area contributed by atoms with Crippen molar-refractivity contribution < 1.29 is 9.53 Å². The SMILES string of the molecule is COC(=O)C(CC(C)C)n1cc[nH]c1=S. The molecule has 0 aliphatic carbocycles. The summed E-state index contributed by atoms with van der Waals surface area (Å²) in [7, 11) is 1.39. The fourth-order valence-electron chi connectivity index (χ4n) is 1.48. The van der Waals surface area contributed by atoms with Crippen LogP contribution >= 0.6 is 12.2 Å². The fraction of sp³-hybridized carbons (Fsp3) is 0.600. The summed E-state index contributed by atoms with van der Waals surface area (Å²) in [6.45, 7) is 4.12. The summed E-state index contributed by atoms with van der Waals surface area (Å²) in [5.74, 6) is 0.158. The molecule has 1 rings (SSSR count). The quantitative estimate of drug-likeness (QED) is 0.635. The van der Waals surface area contributed by atoms with E-state index in [2.05, 4.69) is 18.8 Å². The molecule has 1 aromatic rings. The second-order valence-electron chi connectivity index (χ2n) is 3.84. The van der Waals surface area contributed by atoms with Crippen molar-refractivity contribution in [2.45, 2.75) is 26.3 Å². The number of imidazole rings is 1. The van der Waals surface area contributed by atoms with Gasteiger partial charge in [0.2, 0.25) is 0 Å². The van der Waals surface area contributed by atoms with Crippen LogP contribution in [0.25, 0.3) is 0 Å². The van der Waals surface area contributed by atoms with Gasteiger partial charge in [0.1, 0.15) is 6.04 Å². The van der Waals surface area contributed by atoms with E-state index in [0.717, 1.165) is 6.42 Å². The van der Waals surface area contributed by atoms with Crippen molar-refractivity contribution in [2.75, 3.05) is 7.11 Å². The molecule has 0 saturated carbocycles. The Kier molecular flexibility index (Phi) is 4.08. The summed E-state index contributed by atoms with van der Waals surface area (Å²) in [5.41, 5.74) is 0. The van der Waals surface area contributed by atoms with Gasteiger partial charge < -0.3 is 14.3 Å². The van der Waals surface area contributed by atoms with E-state index >= 15 is 0 Å². The van der Waals surface area contributed by atoms with Crippen molar-refractivity contribution in [3.8, 4) is 0 Å². The summed E-state index contributed by atoms with van der Waals surface area (Å²) < 4.78 is 7.06. The first-order valence-corrected chi connectivity index (χ1v) is 5.30. The Balaban J connectivity index is 2.96. The largest absolute Gasteiger partial charge is 0.467 e. The van der Waals surface area contributed by atoms with Crippen LogP contribution in [0.15, 0.2) is 12.4 Å². The number of H-pyrrole nitrogens is 1. The van der Waals surface area contributed by atoms with Crippen LogP contribution in [-0.4, -0.2) is 22.6 Å². The van der Waals surface area contributed by atoms with Crippen LogP contribution in [0.4, 0.5) is 0 Å². The standard InChI is InChI=1S/C10H16N2O2S/c1-7(2)6-8(9(13)14-3)12-5-4-11-10(12)15/h4-5,7-8H,6H2,1-3H3,(H,11,15). The minimum absolute atomic E-state index is 0.251. The number of hydrogen-bond acceptors (Lipinski definition) is 3. The second kappa shape index (κ2) is 5.11. The lowest BCUT2D eigenvalue weighted by Gasteiger charge is -2.17. The average Bonchev–Trinajstić information content (AvgIpc) is 2.59. The van der Waals surface area contributed by atoms with Gasteiger partial charge in [-0.1, -0.05) is 13.8 Å². The number of carbonyl (C=O) groups is 1. The lowest BCUT2D eigenvalue weighted by atomic mass is 10.0. The third-order valence-electron chi connectivity index (χ3n) is 2.18. The third kappa shape index (κ3) is 2.92. The van der Waals surface area contributed by atoms with Crippen LogP contribution in [0.2, 0.25) is 0 Å². The molecule has 0 aliphatic rings. The molecule has 15 heavy (non-hydrogen) atoms. The summed E-state index contributed by atoms with van der Waals surface area (Å²) in [6.07, 6.45) is 4.21. The second-order valence-corrected chi connectivity index (χ2v) is 4.23. The molecule has 1 N–H and O–H groups in total. The van der Waals surface area contributed by atoms with Gasteiger partial charge in [-0.25, -0.2) is 4.79 Å². The first-order chi connectivity index (χ1) is 7.06. The monoisotopic (exact) mass is 228 g/mol. The van der Waals surface area contributed by atoms with Gasteiger partial charge in [-0.15, -0.1) is 0 Å². The molecule has 5 heteroatoms. The molecule has 0 spiro atoms. The van der Waals surface area contributed by atoms with Gasteiger partial charge in [0, 0.05) is 12.4 Å². The highest BCUT2D eigenvalue weighted by molar-refractivity contribution is 7.71. The van der Waals surface area contributed by atoms with Gasteiger partial charge in [0.05, 0.1) is 7.11 Å². The van der Waals surface area contributed by atoms with Crippen molar-refractivity contribution in [2.24, 2.45) is 5.92 Å². The summed E-state index contributed by atoms with van der Waals surface area (Å²) >= 11 is 5.08. The zero-order valence-corrected chi connectivity index (χ0v) is 10.0. The minimum atomic E-state index is -0.325.